The summed E-state index contributed by atoms with van der Waals surface area (Å²) in [6.45, 7) is 3.47. The summed E-state index contributed by atoms with van der Waals surface area (Å²) in [6, 6.07) is -0.414. The quantitative estimate of drug-likeness (QED) is 0.438. The Morgan fingerprint density at radius 2 is 2.17 bits per heavy atom. The highest BCUT2D eigenvalue weighted by Crippen LogP contribution is 2.19. The van der Waals surface area contributed by atoms with E-state index in [4.69, 9.17) is 6.42 Å². The molecule has 4 nitrogen and oxygen atoms in total. The summed E-state index contributed by atoms with van der Waals surface area (Å²) in [4.78, 5) is 23.6. The molecule has 3 amide bonds. The van der Waals surface area contributed by atoms with Gasteiger partial charge in [-0.1, -0.05) is 5.92 Å². The number of carbonyl (C=O) groups excluding carboxylic acids is 2. The first kappa shape index (κ1) is 8.60. The minimum Gasteiger partial charge on any atom is -0.299 e. The first-order valence-electron chi connectivity index (χ1n) is 3.56. The summed E-state index contributed by atoms with van der Waals surface area (Å²) in [7, 11) is 0. The van der Waals surface area contributed by atoms with Crippen molar-refractivity contribution in [1.29, 1.82) is 0 Å². The highest BCUT2D eigenvalue weighted by atomic mass is 16.2. The van der Waals surface area contributed by atoms with E-state index in [1.54, 1.807) is 13.8 Å². The summed E-state index contributed by atoms with van der Waals surface area (Å²) in [5.41, 5.74) is -0.816. The number of urea groups is 1. The molecule has 4 heteroatoms. The second-order valence-corrected chi connectivity index (χ2v) is 3.11. The Morgan fingerprint density at radius 3 is 2.50 bits per heavy atom. The molecule has 64 valence electrons. The number of hydrogen-bond donors (Lipinski definition) is 1. The largest absolute Gasteiger partial charge is 0.325 e. The van der Waals surface area contributed by atoms with Crippen LogP contribution in [0.4, 0.5) is 4.79 Å². The Labute approximate surface area is 70.9 Å². The van der Waals surface area contributed by atoms with E-state index in [9.17, 15) is 9.59 Å². The molecule has 1 heterocycles. The zero-order valence-corrected chi connectivity index (χ0v) is 7.05. The topological polar surface area (TPSA) is 49.4 Å². The van der Waals surface area contributed by atoms with Crippen molar-refractivity contribution in [3.05, 3.63) is 0 Å². The summed E-state index contributed by atoms with van der Waals surface area (Å²) in [5.74, 6) is 2.03. The van der Waals surface area contributed by atoms with Crippen molar-refractivity contribution in [2.45, 2.75) is 19.4 Å². The molecule has 0 saturated carbocycles. The first-order chi connectivity index (χ1) is 5.50. The van der Waals surface area contributed by atoms with E-state index in [-0.39, 0.29) is 12.5 Å². The molecule has 0 radical (unpaired) electrons. The third-order valence-corrected chi connectivity index (χ3v) is 1.95. The number of terminal acetylenes is 1. The van der Waals surface area contributed by atoms with E-state index in [0.29, 0.717) is 0 Å². The molecule has 1 rings (SSSR count). The maximum absolute atomic E-state index is 11.1. The standard InChI is InChI=1S/C8H10N2O2/c1-4-5-10-7(12)9-6(11)8(10,2)3/h1H,5H2,2-3H3,(H,9,11,12). The van der Waals surface area contributed by atoms with Crippen LogP contribution in [0.1, 0.15) is 13.8 Å². The second kappa shape index (κ2) is 2.52. The lowest BCUT2D eigenvalue weighted by atomic mass is 10.1. The fraction of sp³-hybridized carbons (Fsp3) is 0.500. The molecule has 1 N–H and O–H groups in total. The molecular weight excluding hydrogens is 156 g/mol. The van der Waals surface area contributed by atoms with E-state index in [0.717, 1.165) is 0 Å². The Morgan fingerprint density at radius 1 is 1.58 bits per heavy atom. The first-order valence-corrected chi connectivity index (χ1v) is 3.56. The predicted molar refractivity (Wildman–Crippen MR) is 43.2 cm³/mol. The zero-order chi connectivity index (χ0) is 9.35. The molecule has 0 atom stereocenters. The predicted octanol–water partition coefficient (Wildman–Crippen LogP) is -0.0500. The molecule has 0 aromatic rings. The number of carbonyl (C=O) groups is 2. The number of rotatable bonds is 1. The van der Waals surface area contributed by atoms with Crippen LogP contribution in [0.25, 0.3) is 0 Å². The Hall–Kier alpha value is -1.50. The highest BCUT2D eigenvalue weighted by molar-refractivity contribution is 6.06. The highest BCUT2D eigenvalue weighted by Gasteiger charge is 2.44. The molecule has 1 aliphatic heterocycles. The van der Waals surface area contributed by atoms with Gasteiger partial charge in [-0.2, -0.15) is 0 Å². The molecular formula is C8H10N2O2. The van der Waals surface area contributed by atoms with Crippen LogP contribution in [0.5, 0.6) is 0 Å². The van der Waals surface area contributed by atoms with Crippen molar-refractivity contribution < 1.29 is 9.59 Å². The van der Waals surface area contributed by atoms with Gasteiger partial charge in [0.1, 0.15) is 5.54 Å². The van der Waals surface area contributed by atoms with Gasteiger partial charge in [0, 0.05) is 0 Å². The average molecular weight is 166 g/mol. The van der Waals surface area contributed by atoms with Gasteiger partial charge in [0.05, 0.1) is 6.54 Å². The van der Waals surface area contributed by atoms with Crippen molar-refractivity contribution in [2.24, 2.45) is 0 Å². The van der Waals surface area contributed by atoms with Gasteiger partial charge >= 0.3 is 6.03 Å². The van der Waals surface area contributed by atoms with Gasteiger partial charge in [-0.05, 0) is 13.8 Å². The van der Waals surface area contributed by atoms with Crippen molar-refractivity contribution in [3.8, 4) is 12.3 Å². The SMILES string of the molecule is C#CCN1C(=O)NC(=O)C1(C)C. The molecule has 0 spiro atoms. The number of hydrogen-bond acceptors (Lipinski definition) is 2. The maximum Gasteiger partial charge on any atom is 0.325 e. The number of amides is 3. The van der Waals surface area contributed by atoms with Crippen molar-refractivity contribution in [1.82, 2.24) is 10.2 Å². The van der Waals surface area contributed by atoms with Gasteiger partial charge < -0.3 is 0 Å². The average Bonchev–Trinajstić information content (AvgIpc) is 2.14. The second-order valence-electron chi connectivity index (χ2n) is 3.11. The summed E-state index contributed by atoms with van der Waals surface area (Å²) < 4.78 is 0. The van der Waals surface area contributed by atoms with Gasteiger partial charge in [-0.15, -0.1) is 6.42 Å². The molecule has 0 bridgehead atoms. The fourth-order valence-corrected chi connectivity index (χ4v) is 1.05. The van der Waals surface area contributed by atoms with Crippen LogP contribution in [-0.2, 0) is 4.79 Å². The number of nitrogens with one attached hydrogen (secondary N) is 1. The van der Waals surface area contributed by atoms with Crippen LogP contribution in [0.2, 0.25) is 0 Å². The molecule has 12 heavy (non-hydrogen) atoms. The van der Waals surface area contributed by atoms with Gasteiger partial charge in [0.2, 0.25) is 0 Å². The van der Waals surface area contributed by atoms with Gasteiger partial charge in [0.25, 0.3) is 5.91 Å². The summed E-state index contributed by atoms with van der Waals surface area (Å²) >= 11 is 0. The molecule has 0 aromatic carbocycles. The minimum atomic E-state index is -0.816. The number of imide groups is 1. The smallest absolute Gasteiger partial charge is 0.299 e. The third kappa shape index (κ3) is 1.03. The normalized spacial score (nSPS) is 20.6. The van der Waals surface area contributed by atoms with Crippen LogP contribution in [-0.4, -0.2) is 28.9 Å². The Bertz CT molecular complexity index is 275. The molecule has 1 fully saturated rings. The maximum atomic E-state index is 11.1. The van der Waals surface area contributed by atoms with Crippen molar-refractivity contribution in [2.75, 3.05) is 6.54 Å². The lowest BCUT2D eigenvalue weighted by Crippen LogP contribution is -2.44. The summed E-state index contributed by atoms with van der Waals surface area (Å²) in [5, 5.41) is 2.19. The van der Waals surface area contributed by atoms with E-state index >= 15 is 0 Å². The third-order valence-electron chi connectivity index (χ3n) is 1.95. The van der Waals surface area contributed by atoms with Crippen molar-refractivity contribution in [3.63, 3.8) is 0 Å². The number of nitrogens with zero attached hydrogens (tertiary/aromatic N) is 1. The van der Waals surface area contributed by atoms with Crippen molar-refractivity contribution >= 4 is 11.9 Å². The molecule has 1 saturated heterocycles. The van der Waals surface area contributed by atoms with E-state index in [1.165, 1.54) is 4.90 Å². The molecule has 1 aliphatic rings. The minimum absolute atomic E-state index is 0.157. The lowest BCUT2D eigenvalue weighted by molar-refractivity contribution is -0.124. The van der Waals surface area contributed by atoms with E-state index in [1.807, 2.05) is 0 Å². The van der Waals surface area contributed by atoms with Crippen LogP contribution in [0.15, 0.2) is 0 Å². The van der Waals surface area contributed by atoms with Gasteiger partial charge in [0.15, 0.2) is 0 Å². The molecule has 0 aromatic heterocycles. The van der Waals surface area contributed by atoms with E-state index in [2.05, 4.69) is 11.2 Å². The lowest BCUT2D eigenvalue weighted by Gasteiger charge is -2.25. The Balaban J connectivity index is 2.92. The Kier molecular flexibility index (Phi) is 1.81. The van der Waals surface area contributed by atoms with Crippen LogP contribution in [0, 0.1) is 12.3 Å². The molecule has 0 aliphatic carbocycles. The van der Waals surface area contributed by atoms with Crippen LogP contribution in [0.3, 0.4) is 0 Å². The molecule has 0 unspecified atom stereocenters. The fourth-order valence-electron chi connectivity index (χ4n) is 1.05. The van der Waals surface area contributed by atoms with Gasteiger partial charge in [-0.25, -0.2) is 4.79 Å². The summed E-state index contributed by atoms with van der Waals surface area (Å²) in [6.07, 6.45) is 5.05. The zero-order valence-electron chi connectivity index (χ0n) is 7.05. The van der Waals surface area contributed by atoms with Crippen LogP contribution >= 0.6 is 0 Å². The van der Waals surface area contributed by atoms with Crippen LogP contribution < -0.4 is 5.32 Å². The van der Waals surface area contributed by atoms with E-state index < -0.39 is 11.6 Å². The monoisotopic (exact) mass is 166 g/mol. The van der Waals surface area contributed by atoms with Gasteiger partial charge in [-0.3, -0.25) is 15.0 Å².